The van der Waals surface area contributed by atoms with Crippen LogP contribution in [0.2, 0.25) is 0 Å². The molecule has 1 aliphatic heterocycles. The molecule has 0 aromatic rings. The van der Waals surface area contributed by atoms with Crippen LogP contribution in [-0.2, 0) is 0 Å². The van der Waals surface area contributed by atoms with E-state index in [4.69, 9.17) is 0 Å². The minimum Gasteiger partial charge on any atom is -0.385 e. The van der Waals surface area contributed by atoms with Crippen molar-refractivity contribution in [2.45, 2.75) is 49.7 Å². The number of nitrogens with one attached hydrogen (secondary N) is 1. The van der Waals surface area contributed by atoms with Gasteiger partial charge in [0.1, 0.15) is 6.10 Å². The Morgan fingerprint density at radius 1 is 1.14 bits per heavy atom. The van der Waals surface area contributed by atoms with E-state index in [0.717, 1.165) is 12.8 Å². The third kappa shape index (κ3) is 1.75. The summed E-state index contributed by atoms with van der Waals surface area (Å²) < 4.78 is 26.4. The van der Waals surface area contributed by atoms with E-state index in [1.165, 1.54) is 0 Å². The van der Waals surface area contributed by atoms with Gasteiger partial charge in [-0.25, -0.2) is 8.78 Å². The third-order valence-corrected chi connectivity index (χ3v) is 3.35. The highest BCUT2D eigenvalue weighted by molar-refractivity contribution is 5.85. The fourth-order valence-corrected chi connectivity index (χ4v) is 2.57. The second-order valence-corrected chi connectivity index (χ2v) is 4.20. The van der Waals surface area contributed by atoms with Crippen LogP contribution in [0.5, 0.6) is 0 Å². The topological polar surface area (TPSA) is 32.3 Å². The Kier molecular flexibility index (Phi) is 3.39. The van der Waals surface area contributed by atoms with E-state index in [1.807, 2.05) is 0 Å². The summed E-state index contributed by atoms with van der Waals surface area (Å²) in [5.74, 6) is -2.89. The van der Waals surface area contributed by atoms with Gasteiger partial charge in [-0.3, -0.25) is 0 Å². The molecule has 1 aliphatic carbocycles. The highest BCUT2D eigenvalue weighted by Crippen LogP contribution is 2.42. The Morgan fingerprint density at radius 2 is 1.71 bits per heavy atom. The van der Waals surface area contributed by atoms with Gasteiger partial charge < -0.3 is 10.4 Å². The number of rotatable bonds is 0. The summed E-state index contributed by atoms with van der Waals surface area (Å²) in [5.41, 5.74) is -0.679. The van der Waals surface area contributed by atoms with Crippen molar-refractivity contribution in [1.82, 2.24) is 5.32 Å². The summed E-state index contributed by atoms with van der Waals surface area (Å²) in [6.07, 6.45) is 1.53. The van der Waals surface area contributed by atoms with Gasteiger partial charge in [-0.05, 0) is 12.8 Å². The van der Waals surface area contributed by atoms with Crippen molar-refractivity contribution in [2.75, 3.05) is 6.54 Å². The fourth-order valence-electron chi connectivity index (χ4n) is 2.57. The Balaban J connectivity index is 0.000000980. The summed E-state index contributed by atoms with van der Waals surface area (Å²) in [5, 5.41) is 12.6. The molecule has 2 rings (SSSR count). The van der Waals surface area contributed by atoms with Gasteiger partial charge in [-0.15, -0.1) is 12.4 Å². The van der Waals surface area contributed by atoms with Crippen LogP contribution in [0.25, 0.3) is 0 Å². The molecular formula is C9H16ClF2NO. The molecule has 0 aromatic heterocycles. The number of halogens is 3. The van der Waals surface area contributed by atoms with Crippen molar-refractivity contribution in [3.8, 4) is 0 Å². The van der Waals surface area contributed by atoms with Crippen LogP contribution in [0.4, 0.5) is 8.78 Å². The van der Waals surface area contributed by atoms with Crippen LogP contribution in [-0.4, -0.2) is 29.2 Å². The zero-order valence-electron chi connectivity index (χ0n) is 7.93. The molecule has 2 nitrogen and oxygen atoms in total. The van der Waals surface area contributed by atoms with Gasteiger partial charge in [0.05, 0.1) is 5.54 Å². The molecule has 0 radical (unpaired) electrons. The quantitative estimate of drug-likeness (QED) is 0.661. The zero-order chi connectivity index (χ0) is 9.53. The zero-order valence-corrected chi connectivity index (χ0v) is 8.75. The molecule has 2 aliphatic rings. The van der Waals surface area contributed by atoms with Gasteiger partial charge in [0, 0.05) is 13.0 Å². The average Bonchev–Trinajstić information content (AvgIpc) is 2.50. The number of alkyl halides is 2. The summed E-state index contributed by atoms with van der Waals surface area (Å²) in [6.45, 7) is 0.323. The molecular weight excluding hydrogens is 212 g/mol. The highest BCUT2D eigenvalue weighted by atomic mass is 35.5. The first-order valence-corrected chi connectivity index (χ1v) is 4.88. The molecule has 84 valence electrons. The largest absolute Gasteiger partial charge is 0.385 e. The number of piperidine rings is 1. The number of hydrogen-bond donors (Lipinski definition) is 2. The lowest BCUT2D eigenvalue weighted by Crippen LogP contribution is -2.64. The SMILES string of the molecule is Cl.OC1C(F)(F)CCNC12CCCC2. The molecule has 2 N–H and O–H groups in total. The Morgan fingerprint density at radius 3 is 2.29 bits per heavy atom. The second-order valence-electron chi connectivity index (χ2n) is 4.20. The van der Waals surface area contributed by atoms with Crippen molar-refractivity contribution < 1.29 is 13.9 Å². The molecule has 1 heterocycles. The highest BCUT2D eigenvalue weighted by Gasteiger charge is 2.55. The summed E-state index contributed by atoms with van der Waals surface area (Å²) >= 11 is 0. The van der Waals surface area contributed by atoms with Gasteiger partial charge in [0.2, 0.25) is 0 Å². The van der Waals surface area contributed by atoms with Crippen molar-refractivity contribution in [2.24, 2.45) is 0 Å². The van der Waals surface area contributed by atoms with Crippen LogP contribution in [0.3, 0.4) is 0 Å². The maximum atomic E-state index is 13.2. The van der Waals surface area contributed by atoms with Crippen LogP contribution in [0.1, 0.15) is 32.1 Å². The first-order valence-electron chi connectivity index (χ1n) is 4.88. The monoisotopic (exact) mass is 227 g/mol. The van der Waals surface area contributed by atoms with Crippen LogP contribution >= 0.6 is 12.4 Å². The van der Waals surface area contributed by atoms with Gasteiger partial charge in [0.25, 0.3) is 5.92 Å². The predicted octanol–water partition coefficient (Wildman–Crippen LogP) is 1.71. The Bertz CT molecular complexity index is 207. The molecule has 0 amide bonds. The van der Waals surface area contributed by atoms with E-state index in [-0.39, 0.29) is 18.8 Å². The maximum Gasteiger partial charge on any atom is 0.276 e. The van der Waals surface area contributed by atoms with Crippen molar-refractivity contribution in [3.05, 3.63) is 0 Å². The lowest BCUT2D eigenvalue weighted by molar-refractivity contribution is -0.166. The van der Waals surface area contributed by atoms with Gasteiger partial charge >= 0.3 is 0 Å². The average molecular weight is 228 g/mol. The van der Waals surface area contributed by atoms with Gasteiger partial charge in [-0.1, -0.05) is 12.8 Å². The number of aliphatic hydroxyl groups is 1. The van der Waals surface area contributed by atoms with Crippen LogP contribution in [0.15, 0.2) is 0 Å². The standard InChI is InChI=1S/C9H15F2NO.ClH/c10-9(11)5-6-12-8(7(9)13)3-1-2-4-8;/h7,12-13H,1-6H2;1H. The van der Waals surface area contributed by atoms with E-state index < -0.39 is 17.6 Å². The van der Waals surface area contributed by atoms with E-state index >= 15 is 0 Å². The maximum absolute atomic E-state index is 13.2. The molecule has 1 saturated heterocycles. The lowest BCUT2D eigenvalue weighted by atomic mass is 9.82. The van der Waals surface area contributed by atoms with Gasteiger partial charge in [-0.2, -0.15) is 0 Å². The number of aliphatic hydroxyl groups excluding tert-OH is 1. The van der Waals surface area contributed by atoms with E-state index in [1.54, 1.807) is 0 Å². The minimum absolute atomic E-state index is 0. The molecule has 0 aromatic carbocycles. The van der Waals surface area contributed by atoms with E-state index in [2.05, 4.69) is 5.32 Å². The molecule has 5 heteroatoms. The first kappa shape index (κ1) is 12.1. The van der Waals surface area contributed by atoms with Crippen molar-refractivity contribution in [1.29, 1.82) is 0 Å². The summed E-state index contributed by atoms with van der Waals surface area (Å²) in [7, 11) is 0. The Labute approximate surface area is 88.5 Å². The van der Waals surface area contributed by atoms with Crippen LogP contribution < -0.4 is 5.32 Å². The first-order chi connectivity index (χ1) is 6.07. The molecule has 2 fully saturated rings. The smallest absolute Gasteiger partial charge is 0.276 e. The summed E-state index contributed by atoms with van der Waals surface area (Å²) in [4.78, 5) is 0. The van der Waals surface area contributed by atoms with E-state index in [9.17, 15) is 13.9 Å². The molecule has 14 heavy (non-hydrogen) atoms. The summed E-state index contributed by atoms with van der Waals surface area (Å²) in [6, 6.07) is 0. The molecule has 1 atom stereocenters. The Hall–Kier alpha value is 0.0700. The lowest BCUT2D eigenvalue weighted by Gasteiger charge is -2.43. The normalized spacial score (nSPS) is 34.1. The second kappa shape index (κ2) is 3.91. The van der Waals surface area contributed by atoms with E-state index in [0.29, 0.717) is 19.4 Å². The van der Waals surface area contributed by atoms with Crippen molar-refractivity contribution in [3.63, 3.8) is 0 Å². The molecule has 0 bridgehead atoms. The van der Waals surface area contributed by atoms with Crippen LogP contribution in [0, 0.1) is 0 Å². The predicted molar refractivity (Wildman–Crippen MR) is 52.0 cm³/mol. The minimum atomic E-state index is -2.89. The molecule has 1 unspecified atom stereocenters. The molecule has 1 saturated carbocycles. The van der Waals surface area contributed by atoms with Gasteiger partial charge in [0.15, 0.2) is 0 Å². The third-order valence-electron chi connectivity index (χ3n) is 3.35. The van der Waals surface area contributed by atoms with Crippen molar-refractivity contribution >= 4 is 12.4 Å². The molecule has 1 spiro atoms. The number of hydrogen-bond acceptors (Lipinski definition) is 2. The fraction of sp³-hybridized carbons (Fsp3) is 1.00.